The molecule has 0 radical (unpaired) electrons. The molecule has 3 aromatic carbocycles. The molecule has 6 nitrogen and oxygen atoms in total. The summed E-state index contributed by atoms with van der Waals surface area (Å²) in [6.07, 6.45) is 0.0838. The Morgan fingerprint density at radius 3 is 2.57 bits per heavy atom. The van der Waals surface area contributed by atoms with Crippen molar-refractivity contribution in [2.24, 2.45) is 0 Å². The monoisotopic (exact) mass is 520 g/mol. The maximum atomic E-state index is 13.4. The van der Waals surface area contributed by atoms with Crippen molar-refractivity contribution in [3.05, 3.63) is 100 Å². The van der Waals surface area contributed by atoms with Crippen molar-refractivity contribution in [3.8, 4) is 5.75 Å². The van der Waals surface area contributed by atoms with E-state index in [0.717, 1.165) is 16.7 Å². The van der Waals surface area contributed by atoms with Gasteiger partial charge in [-0.1, -0.05) is 59.6 Å². The summed E-state index contributed by atoms with van der Waals surface area (Å²) in [4.78, 5) is 30.2. The Labute approximate surface area is 223 Å². The predicted molar refractivity (Wildman–Crippen MR) is 145 cm³/mol. The van der Waals surface area contributed by atoms with E-state index in [4.69, 9.17) is 21.1 Å². The molecular formula is C30H33ClN2O4. The summed E-state index contributed by atoms with van der Waals surface area (Å²) in [6, 6.07) is 22.8. The molecule has 1 fully saturated rings. The highest BCUT2D eigenvalue weighted by Gasteiger charge is 2.42. The lowest BCUT2D eigenvalue weighted by molar-refractivity contribution is -0.152. The Kier molecular flexibility index (Phi) is 8.52. The largest absolute Gasteiger partial charge is 0.490 e. The SMILES string of the molecule is Cc1cccc(C(=O)N2CCO[C@@](COc3ccc(Cl)c(C)c3)(CC(=O)N(C)Cc3ccccc3)C2)c1. The van der Waals surface area contributed by atoms with Gasteiger partial charge in [0.15, 0.2) is 0 Å². The summed E-state index contributed by atoms with van der Waals surface area (Å²) < 4.78 is 12.4. The fraction of sp³-hybridized carbons (Fsp3) is 0.333. The highest BCUT2D eigenvalue weighted by molar-refractivity contribution is 6.31. The summed E-state index contributed by atoms with van der Waals surface area (Å²) in [6.45, 7) is 5.49. The highest BCUT2D eigenvalue weighted by Crippen LogP contribution is 2.28. The van der Waals surface area contributed by atoms with E-state index in [1.165, 1.54) is 0 Å². The van der Waals surface area contributed by atoms with Crippen LogP contribution >= 0.6 is 11.6 Å². The highest BCUT2D eigenvalue weighted by atomic mass is 35.5. The number of benzene rings is 3. The van der Waals surface area contributed by atoms with E-state index in [1.54, 1.807) is 29.0 Å². The fourth-order valence-electron chi connectivity index (χ4n) is 4.50. The van der Waals surface area contributed by atoms with Crippen LogP contribution in [-0.4, -0.2) is 60.6 Å². The van der Waals surface area contributed by atoms with Crippen LogP contribution in [0.2, 0.25) is 5.02 Å². The zero-order chi connectivity index (χ0) is 26.4. The number of carbonyl (C=O) groups excluding carboxylic acids is 2. The first-order valence-corrected chi connectivity index (χ1v) is 12.8. The lowest BCUT2D eigenvalue weighted by atomic mass is 9.96. The predicted octanol–water partition coefficient (Wildman–Crippen LogP) is 5.30. The molecule has 2 amide bonds. The molecule has 1 heterocycles. The number of ether oxygens (including phenoxy) is 2. The summed E-state index contributed by atoms with van der Waals surface area (Å²) in [7, 11) is 1.78. The van der Waals surface area contributed by atoms with E-state index in [2.05, 4.69) is 0 Å². The molecule has 4 rings (SSSR count). The lowest BCUT2D eigenvalue weighted by Crippen LogP contribution is -2.58. The molecule has 1 aliphatic heterocycles. The van der Waals surface area contributed by atoms with E-state index in [1.807, 2.05) is 74.5 Å². The molecule has 194 valence electrons. The van der Waals surface area contributed by atoms with Gasteiger partial charge < -0.3 is 19.3 Å². The Balaban J connectivity index is 1.54. The van der Waals surface area contributed by atoms with Crippen molar-refractivity contribution in [2.75, 3.05) is 33.4 Å². The van der Waals surface area contributed by atoms with Crippen molar-refractivity contribution >= 4 is 23.4 Å². The van der Waals surface area contributed by atoms with Gasteiger partial charge in [0.2, 0.25) is 5.91 Å². The van der Waals surface area contributed by atoms with Gasteiger partial charge in [-0.05, 0) is 55.3 Å². The summed E-state index contributed by atoms with van der Waals surface area (Å²) in [5.41, 5.74) is 2.59. The van der Waals surface area contributed by atoms with Gasteiger partial charge in [0.1, 0.15) is 18.0 Å². The molecule has 3 aromatic rings. The van der Waals surface area contributed by atoms with Crippen LogP contribution in [0.25, 0.3) is 0 Å². The van der Waals surface area contributed by atoms with Crippen LogP contribution in [0.3, 0.4) is 0 Å². The van der Waals surface area contributed by atoms with Crippen molar-refractivity contribution in [1.29, 1.82) is 0 Å². The number of halogens is 1. The fourth-order valence-corrected chi connectivity index (χ4v) is 4.62. The number of hydrogen-bond acceptors (Lipinski definition) is 4. The molecule has 1 atom stereocenters. The molecule has 7 heteroatoms. The van der Waals surface area contributed by atoms with Gasteiger partial charge in [0.05, 0.1) is 19.6 Å². The third-order valence-corrected chi connectivity index (χ3v) is 7.02. The number of hydrogen-bond donors (Lipinski definition) is 0. The number of nitrogens with zero attached hydrogens (tertiary/aromatic N) is 2. The minimum absolute atomic E-state index is 0.0791. The standard InChI is InChI=1S/C30H33ClN2O4/c1-22-8-7-11-25(16-22)29(35)33-14-15-37-30(20-33,21-36-26-12-13-27(31)23(2)17-26)18-28(34)32(3)19-24-9-5-4-6-10-24/h4-13,16-17H,14-15,18-21H2,1-3H3/t30-/m0/s1. The molecule has 1 saturated heterocycles. The van der Waals surface area contributed by atoms with E-state index >= 15 is 0 Å². The van der Waals surface area contributed by atoms with Crippen LogP contribution in [0.5, 0.6) is 5.75 Å². The molecule has 1 aliphatic rings. The van der Waals surface area contributed by atoms with Crippen LogP contribution in [0.4, 0.5) is 0 Å². The van der Waals surface area contributed by atoms with Crippen LogP contribution in [0.15, 0.2) is 72.8 Å². The number of morpholine rings is 1. The maximum absolute atomic E-state index is 13.4. The smallest absolute Gasteiger partial charge is 0.254 e. The number of rotatable bonds is 8. The molecule has 0 saturated carbocycles. The second-order valence-corrected chi connectivity index (χ2v) is 10.1. The van der Waals surface area contributed by atoms with Gasteiger partial charge >= 0.3 is 0 Å². The first-order valence-electron chi connectivity index (χ1n) is 12.4. The molecule has 0 spiro atoms. The summed E-state index contributed by atoms with van der Waals surface area (Å²) >= 11 is 6.18. The first kappa shape index (κ1) is 26.7. The number of aryl methyl sites for hydroxylation is 2. The molecular weight excluding hydrogens is 488 g/mol. The molecule has 0 unspecified atom stereocenters. The Morgan fingerprint density at radius 2 is 1.84 bits per heavy atom. The summed E-state index contributed by atoms with van der Waals surface area (Å²) in [5, 5.41) is 0.656. The van der Waals surface area contributed by atoms with Gasteiger partial charge in [-0.15, -0.1) is 0 Å². The minimum Gasteiger partial charge on any atom is -0.490 e. The van der Waals surface area contributed by atoms with Crippen molar-refractivity contribution < 1.29 is 19.1 Å². The first-order chi connectivity index (χ1) is 17.7. The van der Waals surface area contributed by atoms with Crippen molar-refractivity contribution in [2.45, 2.75) is 32.4 Å². The maximum Gasteiger partial charge on any atom is 0.254 e. The van der Waals surface area contributed by atoms with E-state index in [-0.39, 0.29) is 31.4 Å². The third kappa shape index (κ3) is 6.90. The average molecular weight is 521 g/mol. The summed E-state index contributed by atoms with van der Waals surface area (Å²) in [5.74, 6) is 0.477. The lowest BCUT2D eigenvalue weighted by Gasteiger charge is -2.42. The van der Waals surface area contributed by atoms with Gasteiger partial charge in [-0.2, -0.15) is 0 Å². The molecule has 0 N–H and O–H groups in total. The van der Waals surface area contributed by atoms with Gasteiger partial charge in [-0.3, -0.25) is 9.59 Å². The van der Waals surface area contributed by atoms with Gasteiger partial charge in [0, 0.05) is 30.7 Å². The van der Waals surface area contributed by atoms with Crippen molar-refractivity contribution in [3.63, 3.8) is 0 Å². The van der Waals surface area contributed by atoms with Gasteiger partial charge in [0.25, 0.3) is 5.91 Å². The minimum atomic E-state index is -0.993. The van der Waals surface area contributed by atoms with Crippen LogP contribution < -0.4 is 4.74 Å². The van der Waals surface area contributed by atoms with Crippen LogP contribution in [0.1, 0.15) is 33.5 Å². The molecule has 37 heavy (non-hydrogen) atoms. The van der Waals surface area contributed by atoms with E-state index < -0.39 is 5.60 Å². The zero-order valence-corrected chi connectivity index (χ0v) is 22.3. The van der Waals surface area contributed by atoms with Gasteiger partial charge in [-0.25, -0.2) is 0 Å². The second kappa shape index (κ2) is 11.8. The molecule has 0 aliphatic carbocycles. The quantitative estimate of drug-likeness (QED) is 0.404. The number of amides is 2. The normalized spacial score (nSPS) is 17.4. The van der Waals surface area contributed by atoms with E-state index in [0.29, 0.717) is 36.0 Å². The van der Waals surface area contributed by atoms with E-state index in [9.17, 15) is 9.59 Å². The Hall–Kier alpha value is -3.35. The zero-order valence-electron chi connectivity index (χ0n) is 21.6. The van der Waals surface area contributed by atoms with Crippen molar-refractivity contribution in [1.82, 2.24) is 9.80 Å². The topological polar surface area (TPSA) is 59.1 Å². The second-order valence-electron chi connectivity index (χ2n) is 9.74. The third-order valence-electron chi connectivity index (χ3n) is 6.59. The van der Waals surface area contributed by atoms with Crippen LogP contribution in [0, 0.1) is 13.8 Å². The molecule has 0 bridgehead atoms. The number of carbonyl (C=O) groups is 2. The molecule has 0 aromatic heterocycles. The average Bonchev–Trinajstić information content (AvgIpc) is 2.89. The Bertz CT molecular complexity index is 1250. The van der Waals surface area contributed by atoms with Crippen LogP contribution in [-0.2, 0) is 16.1 Å². The Morgan fingerprint density at radius 1 is 1.05 bits per heavy atom.